The first kappa shape index (κ1) is 19.4. The Morgan fingerprint density at radius 2 is 1.97 bits per heavy atom. The highest BCUT2D eigenvalue weighted by Gasteiger charge is 2.17. The smallest absolute Gasteiger partial charge is 0.228 e. The van der Waals surface area contributed by atoms with Crippen LogP contribution in [0, 0.1) is 0 Å². The maximum atomic E-state index is 12.6. The number of Topliss-reactive ketones (excluding diaryl/α,β-unsaturated/α-hetero) is 1. The highest BCUT2D eigenvalue weighted by atomic mass is 32.1. The van der Waals surface area contributed by atoms with Gasteiger partial charge in [0.2, 0.25) is 5.91 Å². The lowest BCUT2D eigenvalue weighted by molar-refractivity contribution is -0.115. The van der Waals surface area contributed by atoms with Crippen LogP contribution in [-0.2, 0) is 11.2 Å². The molecule has 0 unspecified atom stereocenters. The van der Waals surface area contributed by atoms with Gasteiger partial charge in [0.15, 0.2) is 10.9 Å². The fourth-order valence-corrected chi connectivity index (χ4v) is 4.60. The van der Waals surface area contributed by atoms with Crippen LogP contribution in [0.4, 0.5) is 10.8 Å². The van der Waals surface area contributed by atoms with Gasteiger partial charge in [-0.2, -0.15) is 0 Å². The van der Waals surface area contributed by atoms with Gasteiger partial charge >= 0.3 is 0 Å². The van der Waals surface area contributed by atoms with Crippen molar-refractivity contribution in [2.45, 2.75) is 26.2 Å². The van der Waals surface area contributed by atoms with Gasteiger partial charge in [0.05, 0.1) is 23.7 Å². The molecule has 1 aliphatic heterocycles. The first-order valence-corrected chi connectivity index (χ1v) is 10.5. The number of carbonyl (C=O) groups excluding carboxylic acids is 2. The normalized spacial score (nSPS) is 13.7. The molecule has 1 aliphatic rings. The van der Waals surface area contributed by atoms with Crippen LogP contribution in [0.25, 0.3) is 10.2 Å². The molecule has 3 aromatic rings. The number of aromatic nitrogens is 1. The summed E-state index contributed by atoms with van der Waals surface area (Å²) in [6.45, 7) is 3.63. The lowest BCUT2D eigenvalue weighted by Crippen LogP contribution is -2.16. The molecule has 29 heavy (non-hydrogen) atoms. The van der Waals surface area contributed by atoms with Crippen molar-refractivity contribution in [1.82, 2.24) is 4.98 Å². The molecule has 4 rings (SSSR count). The number of carbonyl (C=O) groups is 2. The third-order valence-electron chi connectivity index (χ3n) is 5.08. The Labute approximate surface area is 173 Å². The summed E-state index contributed by atoms with van der Waals surface area (Å²) in [4.78, 5) is 31.3. The molecule has 2 heterocycles. The predicted molar refractivity (Wildman–Crippen MR) is 116 cm³/mol. The van der Waals surface area contributed by atoms with Gasteiger partial charge in [-0.1, -0.05) is 11.3 Å². The van der Waals surface area contributed by atoms with Crippen LogP contribution in [0.2, 0.25) is 0 Å². The first-order chi connectivity index (χ1) is 14.0. The summed E-state index contributed by atoms with van der Waals surface area (Å²) in [6, 6.07) is 10.9. The van der Waals surface area contributed by atoms with Gasteiger partial charge in [-0.25, -0.2) is 4.98 Å². The number of ketones is 1. The minimum Gasteiger partial charge on any atom is -0.496 e. The quantitative estimate of drug-likeness (QED) is 0.615. The molecule has 1 N–H and O–H groups in total. The highest BCUT2D eigenvalue weighted by molar-refractivity contribution is 7.22. The number of nitrogens with one attached hydrogen (secondary N) is 1. The summed E-state index contributed by atoms with van der Waals surface area (Å²) in [7, 11) is 1.56. The van der Waals surface area contributed by atoms with E-state index in [2.05, 4.69) is 10.2 Å². The van der Waals surface area contributed by atoms with Crippen molar-refractivity contribution in [2.24, 2.45) is 0 Å². The van der Waals surface area contributed by atoms with Crippen molar-refractivity contribution >= 4 is 44.1 Å². The van der Waals surface area contributed by atoms with Crippen molar-refractivity contribution < 1.29 is 14.3 Å². The minimum atomic E-state index is -0.160. The number of ether oxygens (including phenoxy) is 1. The molecule has 1 amide bonds. The van der Waals surface area contributed by atoms with Gasteiger partial charge in [-0.3, -0.25) is 9.59 Å². The number of fused-ring (bicyclic) bond motifs is 1. The van der Waals surface area contributed by atoms with E-state index in [9.17, 15) is 9.59 Å². The Morgan fingerprint density at radius 1 is 1.17 bits per heavy atom. The van der Waals surface area contributed by atoms with Gasteiger partial charge in [0.25, 0.3) is 0 Å². The zero-order chi connectivity index (χ0) is 20.4. The Kier molecular flexibility index (Phi) is 5.49. The fourth-order valence-electron chi connectivity index (χ4n) is 3.55. The maximum Gasteiger partial charge on any atom is 0.228 e. The molecule has 7 heteroatoms. The van der Waals surface area contributed by atoms with E-state index < -0.39 is 0 Å². The van der Waals surface area contributed by atoms with E-state index in [1.807, 2.05) is 18.2 Å². The van der Waals surface area contributed by atoms with Crippen molar-refractivity contribution in [1.29, 1.82) is 0 Å². The number of hydrogen-bond donors (Lipinski definition) is 1. The summed E-state index contributed by atoms with van der Waals surface area (Å²) in [5.74, 6) is 0.393. The molecule has 0 aliphatic carbocycles. The molecule has 2 aromatic carbocycles. The average Bonchev–Trinajstić information content (AvgIpc) is 3.37. The van der Waals surface area contributed by atoms with Gasteiger partial charge in [0, 0.05) is 29.9 Å². The van der Waals surface area contributed by atoms with Crippen molar-refractivity contribution in [2.75, 3.05) is 30.4 Å². The van der Waals surface area contributed by atoms with E-state index in [-0.39, 0.29) is 18.1 Å². The SMILES string of the molecule is COc1ccc(C(C)=O)cc1CC(=O)Nc1ccc2nc(N3CCCC3)sc2c1. The number of thiazole rings is 1. The summed E-state index contributed by atoms with van der Waals surface area (Å²) < 4.78 is 6.39. The van der Waals surface area contributed by atoms with Crippen molar-refractivity contribution in [3.05, 3.63) is 47.5 Å². The fraction of sp³-hybridized carbons (Fsp3) is 0.318. The number of anilines is 2. The summed E-state index contributed by atoms with van der Waals surface area (Å²) in [6.07, 6.45) is 2.56. The minimum absolute atomic E-state index is 0.0428. The lowest BCUT2D eigenvalue weighted by atomic mass is 10.0. The monoisotopic (exact) mass is 409 g/mol. The third kappa shape index (κ3) is 4.24. The average molecular weight is 410 g/mol. The second kappa shape index (κ2) is 8.21. The van der Waals surface area contributed by atoms with E-state index in [1.54, 1.807) is 36.6 Å². The van der Waals surface area contributed by atoms with Crippen LogP contribution < -0.4 is 15.0 Å². The standard InChI is InChI=1S/C22H23N3O3S/c1-14(26)15-5-8-19(28-2)16(11-15)12-21(27)23-17-6-7-18-20(13-17)29-22(24-18)25-9-3-4-10-25/h5-8,11,13H,3-4,9-10,12H2,1-2H3,(H,23,27). The van der Waals surface area contributed by atoms with Gasteiger partial charge < -0.3 is 15.0 Å². The summed E-state index contributed by atoms with van der Waals surface area (Å²) in [5.41, 5.74) is 2.94. The number of hydrogen-bond acceptors (Lipinski definition) is 6. The predicted octanol–water partition coefficient (Wildman–Crippen LogP) is 4.29. The van der Waals surface area contributed by atoms with E-state index in [0.29, 0.717) is 16.9 Å². The van der Waals surface area contributed by atoms with Crippen molar-refractivity contribution in [3.63, 3.8) is 0 Å². The Morgan fingerprint density at radius 3 is 2.69 bits per heavy atom. The van der Waals surface area contributed by atoms with E-state index >= 15 is 0 Å². The van der Waals surface area contributed by atoms with Gasteiger partial charge in [-0.05, 0) is 56.2 Å². The number of nitrogens with zero attached hydrogens (tertiary/aromatic N) is 2. The first-order valence-electron chi connectivity index (χ1n) is 9.67. The molecule has 0 atom stereocenters. The molecular formula is C22H23N3O3S. The number of methoxy groups -OCH3 is 1. The molecule has 0 radical (unpaired) electrons. The molecule has 150 valence electrons. The molecule has 1 fully saturated rings. The molecule has 0 bridgehead atoms. The third-order valence-corrected chi connectivity index (χ3v) is 6.15. The Balaban J connectivity index is 1.50. The summed E-state index contributed by atoms with van der Waals surface area (Å²) in [5, 5.41) is 4.00. The molecule has 1 aromatic heterocycles. The van der Waals surface area contributed by atoms with Crippen LogP contribution in [0.1, 0.15) is 35.7 Å². The van der Waals surface area contributed by atoms with Gasteiger partial charge in [0.1, 0.15) is 5.75 Å². The number of amides is 1. The Hall–Kier alpha value is -2.93. The lowest BCUT2D eigenvalue weighted by Gasteiger charge is -2.11. The second-order valence-corrected chi connectivity index (χ2v) is 8.19. The van der Waals surface area contributed by atoms with Crippen LogP contribution >= 0.6 is 11.3 Å². The topological polar surface area (TPSA) is 71.5 Å². The van der Waals surface area contributed by atoms with Crippen molar-refractivity contribution in [3.8, 4) is 5.75 Å². The zero-order valence-electron chi connectivity index (χ0n) is 16.5. The van der Waals surface area contributed by atoms with Crippen LogP contribution in [0.3, 0.4) is 0 Å². The van der Waals surface area contributed by atoms with E-state index in [0.717, 1.165) is 34.1 Å². The second-order valence-electron chi connectivity index (χ2n) is 7.18. The molecular weight excluding hydrogens is 386 g/mol. The molecule has 0 spiro atoms. The van der Waals surface area contributed by atoms with Gasteiger partial charge in [-0.15, -0.1) is 0 Å². The van der Waals surface area contributed by atoms with Crippen LogP contribution in [0.5, 0.6) is 5.75 Å². The summed E-state index contributed by atoms with van der Waals surface area (Å²) >= 11 is 1.66. The Bertz CT molecular complexity index is 1070. The van der Waals surface area contributed by atoms with Crippen LogP contribution in [0.15, 0.2) is 36.4 Å². The number of rotatable bonds is 6. The maximum absolute atomic E-state index is 12.6. The largest absolute Gasteiger partial charge is 0.496 e. The van der Waals surface area contributed by atoms with E-state index in [4.69, 9.17) is 9.72 Å². The molecule has 6 nitrogen and oxygen atoms in total. The van der Waals surface area contributed by atoms with Crippen LogP contribution in [-0.4, -0.2) is 36.9 Å². The highest BCUT2D eigenvalue weighted by Crippen LogP contribution is 2.32. The molecule has 1 saturated heterocycles. The van der Waals surface area contributed by atoms with E-state index in [1.165, 1.54) is 19.8 Å². The number of benzene rings is 2. The molecule has 0 saturated carbocycles. The zero-order valence-corrected chi connectivity index (χ0v) is 17.3.